The van der Waals surface area contributed by atoms with Crippen LogP contribution in [-0.4, -0.2) is 17.0 Å². The SMILES string of the molecule is Cc1cccc(NC(=O)c2ccc(C(=O)O)s2)c1. The van der Waals surface area contributed by atoms with Gasteiger partial charge in [-0.3, -0.25) is 4.79 Å². The minimum atomic E-state index is -1.02. The maximum atomic E-state index is 11.9. The minimum absolute atomic E-state index is 0.157. The van der Waals surface area contributed by atoms with Crippen molar-refractivity contribution in [2.45, 2.75) is 6.92 Å². The first kappa shape index (κ1) is 12.3. The third-order valence-electron chi connectivity index (χ3n) is 2.32. The zero-order valence-electron chi connectivity index (χ0n) is 9.64. The Morgan fingerprint density at radius 2 is 1.89 bits per heavy atom. The summed E-state index contributed by atoms with van der Waals surface area (Å²) in [6.07, 6.45) is 0. The molecule has 0 spiro atoms. The number of amides is 1. The zero-order valence-corrected chi connectivity index (χ0v) is 10.5. The number of carboxylic acids is 1. The fourth-order valence-corrected chi connectivity index (χ4v) is 2.23. The van der Waals surface area contributed by atoms with Crippen LogP contribution in [0.15, 0.2) is 36.4 Å². The summed E-state index contributed by atoms with van der Waals surface area (Å²) in [5.74, 6) is -1.31. The van der Waals surface area contributed by atoms with Gasteiger partial charge in [-0.2, -0.15) is 0 Å². The minimum Gasteiger partial charge on any atom is -0.477 e. The molecule has 0 aliphatic rings. The van der Waals surface area contributed by atoms with Crippen molar-refractivity contribution in [3.8, 4) is 0 Å². The number of benzene rings is 1. The van der Waals surface area contributed by atoms with Crippen LogP contribution >= 0.6 is 11.3 Å². The number of rotatable bonds is 3. The predicted molar refractivity (Wildman–Crippen MR) is 70.4 cm³/mol. The Labute approximate surface area is 108 Å². The standard InChI is InChI=1S/C13H11NO3S/c1-8-3-2-4-9(7-8)14-12(15)10-5-6-11(18-10)13(16)17/h2-7H,1H3,(H,14,15)(H,16,17). The third kappa shape index (κ3) is 2.75. The number of carboxylic acid groups (broad SMARTS) is 1. The molecular weight excluding hydrogens is 250 g/mol. The van der Waals surface area contributed by atoms with Gasteiger partial charge in [0, 0.05) is 5.69 Å². The molecule has 1 aromatic carbocycles. The van der Waals surface area contributed by atoms with Gasteiger partial charge in [0.1, 0.15) is 4.88 Å². The van der Waals surface area contributed by atoms with E-state index >= 15 is 0 Å². The molecule has 1 heterocycles. The summed E-state index contributed by atoms with van der Waals surface area (Å²) in [6, 6.07) is 10.4. The first-order chi connectivity index (χ1) is 8.56. The van der Waals surface area contributed by atoms with Crippen LogP contribution in [-0.2, 0) is 0 Å². The molecule has 2 rings (SSSR count). The van der Waals surface area contributed by atoms with Crippen molar-refractivity contribution < 1.29 is 14.7 Å². The Kier molecular flexibility index (Phi) is 3.43. The van der Waals surface area contributed by atoms with Crippen LogP contribution in [0.3, 0.4) is 0 Å². The number of hydrogen-bond donors (Lipinski definition) is 2. The van der Waals surface area contributed by atoms with E-state index in [2.05, 4.69) is 5.32 Å². The van der Waals surface area contributed by atoms with Crippen molar-refractivity contribution in [2.75, 3.05) is 5.32 Å². The molecule has 0 saturated carbocycles. The number of thiophene rings is 1. The largest absolute Gasteiger partial charge is 0.477 e. The lowest BCUT2D eigenvalue weighted by Crippen LogP contribution is -2.10. The van der Waals surface area contributed by atoms with E-state index in [0.29, 0.717) is 10.6 Å². The summed E-state index contributed by atoms with van der Waals surface area (Å²) in [6.45, 7) is 1.93. The molecule has 0 aliphatic heterocycles. The Morgan fingerprint density at radius 1 is 1.17 bits per heavy atom. The summed E-state index contributed by atoms with van der Waals surface area (Å²) in [5, 5.41) is 11.5. The van der Waals surface area contributed by atoms with E-state index < -0.39 is 5.97 Å². The van der Waals surface area contributed by atoms with Gasteiger partial charge in [-0.1, -0.05) is 12.1 Å². The highest BCUT2D eigenvalue weighted by Crippen LogP contribution is 2.18. The van der Waals surface area contributed by atoms with Gasteiger partial charge in [-0.25, -0.2) is 4.79 Å². The molecule has 0 aliphatic carbocycles. The van der Waals surface area contributed by atoms with Crippen molar-refractivity contribution in [1.29, 1.82) is 0 Å². The molecule has 0 saturated heterocycles. The smallest absolute Gasteiger partial charge is 0.345 e. The lowest BCUT2D eigenvalue weighted by Gasteiger charge is -2.03. The van der Waals surface area contributed by atoms with Gasteiger partial charge in [0.05, 0.1) is 4.88 Å². The fourth-order valence-electron chi connectivity index (χ4n) is 1.49. The summed E-state index contributed by atoms with van der Waals surface area (Å²) < 4.78 is 0. The van der Waals surface area contributed by atoms with Gasteiger partial charge >= 0.3 is 5.97 Å². The van der Waals surface area contributed by atoms with Crippen molar-refractivity contribution in [3.05, 3.63) is 51.7 Å². The summed E-state index contributed by atoms with van der Waals surface area (Å²) >= 11 is 0.961. The van der Waals surface area contributed by atoms with E-state index in [0.717, 1.165) is 16.9 Å². The molecule has 0 radical (unpaired) electrons. The van der Waals surface area contributed by atoms with Crippen LogP contribution in [0.5, 0.6) is 0 Å². The second-order valence-electron chi connectivity index (χ2n) is 3.79. The maximum Gasteiger partial charge on any atom is 0.345 e. The molecule has 1 aromatic heterocycles. The number of aryl methyl sites for hydroxylation is 1. The van der Waals surface area contributed by atoms with E-state index in [9.17, 15) is 9.59 Å². The molecule has 5 heteroatoms. The second kappa shape index (κ2) is 5.01. The second-order valence-corrected chi connectivity index (χ2v) is 4.88. The highest BCUT2D eigenvalue weighted by molar-refractivity contribution is 7.15. The molecule has 2 aromatic rings. The van der Waals surface area contributed by atoms with Gasteiger partial charge in [-0.05, 0) is 36.8 Å². The van der Waals surface area contributed by atoms with Crippen LogP contribution < -0.4 is 5.32 Å². The monoisotopic (exact) mass is 261 g/mol. The first-order valence-corrected chi connectivity index (χ1v) is 6.09. The van der Waals surface area contributed by atoms with E-state index in [4.69, 9.17) is 5.11 Å². The molecule has 18 heavy (non-hydrogen) atoms. The Bertz CT molecular complexity index is 604. The van der Waals surface area contributed by atoms with Crippen LogP contribution in [0.2, 0.25) is 0 Å². The Morgan fingerprint density at radius 3 is 2.50 bits per heavy atom. The molecule has 4 nitrogen and oxygen atoms in total. The van der Waals surface area contributed by atoms with Crippen molar-refractivity contribution >= 4 is 28.9 Å². The van der Waals surface area contributed by atoms with E-state index in [1.54, 1.807) is 6.07 Å². The third-order valence-corrected chi connectivity index (χ3v) is 3.39. The van der Waals surface area contributed by atoms with Crippen LogP contribution in [0, 0.1) is 6.92 Å². The predicted octanol–water partition coefficient (Wildman–Crippen LogP) is 3.01. The molecule has 0 fully saturated rings. The van der Waals surface area contributed by atoms with Gasteiger partial charge < -0.3 is 10.4 Å². The fraction of sp³-hybridized carbons (Fsp3) is 0.0769. The van der Waals surface area contributed by atoms with Gasteiger partial charge in [0.25, 0.3) is 5.91 Å². The van der Waals surface area contributed by atoms with E-state index in [-0.39, 0.29) is 10.8 Å². The highest BCUT2D eigenvalue weighted by atomic mass is 32.1. The quantitative estimate of drug-likeness (QED) is 0.892. The summed E-state index contributed by atoms with van der Waals surface area (Å²) in [7, 11) is 0. The zero-order chi connectivity index (χ0) is 13.1. The number of carbonyl (C=O) groups is 2. The Balaban J connectivity index is 2.14. The number of carbonyl (C=O) groups excluding carboxylic acids is 1. The van der Waals surface area contributed by atoms with E-state index in [1.165, 1.54) is 12.1 Å². The average Bonchev–Trinajstić information content (AvgIpc) is 2.78. The van der Waals surface area contributed by atoms with Gasteiger partial charge in [0.15, 0.2) is 0 Å². The lowest BCUT2D eigenvalue weighted by molar-refractivity contribution is 0.0702. The molecular formula is C13H11NO3S. The average molecular weight is 261 g/mol. The number of hydrogen-bond acceptors (Lipinski definition) is 3. The van der Waals surface area contributed by atoms with Gasteiger partial charge in [0.2, 0.25) is 0 Å². The molecule has 1 amide bonds. The molecule has 0 bridgehead atoms. The number of aromatic carboxylic acids is 1. The molecule has 0 unspecified atom stereocenters. The first-order valence-electron chi connectivity index (χ1n) is 5.27. The maximum absolute atomic E-state index is 11.9. The number of anilines is 1. The van der Waals surface area contributed by atoms with Gasteiger partial charge in [-0.15, -0.1) is 11.3 Å². The lowest BCUT2D eigenvalue weighted by atomic mass is 10.2. The summed E-state index contributed by atoms with van der Waals surface area (Å²) in [4.78, 5) is 23.1. The van der Waals surface area contributed by atoms with Crippen LogP contribution in [0.25, 0.3) is 0 Å². The van der Waals surface area contributed by atoms with E-state index in [1.807, 2.05) is 25.1 Å². The van der Waals surface area contributed by atoms with Crippen molar-refractivity contribution in [3.63, 3.8) is 0 Å². The molecule has 2 N–H and O–H groups in total. The molecule has 92 valence electrons. The summed E-state index contributed by atoms with van der Waals surface area (Å²) in [5.41, 5.74) is 1.75. The van der Waals surface area contributed by atoms with Crippen molar-refractivity contribution in [1.82, 2.24) is 0 Å². The van der Waals surface area contributed by atoms with Crippen LogP contribution in [0.4, 0.5) is 5.69 Å². The Hall–Kier alpha value is -2.14. The topological polar surface area (TPSA) is 66.4 Å². The number of nitrogens with one attached hydrogen (secondary N) is 1. The van der Waals surface area contributed by atoms with Crippen molar-refractivity contribution in [2.24, 2.45) is 0 Å². The highest BCUT2D eigenvalue weighted by Gasteiger charge is 2.12. The molecule has 0 atom stereocenters. The van der Waals surface area contributed by atoms with Crippen LogP contribution in [0.1, 0.15) is 24.9 Å². The normalized spacial score (nSPS) is 10.1.